The van der Waals surface area contributed by atoms with E-state index in [0.717, 1.165) is 5.56 Å². The maximum atomic E-state index is 12.0. The number of carbonyl (C=O) groups excluding carboxylic acids is 1. The van der Waals surface area contributed by atoms with Crippen LogP contribution in [0.25, 0.3) is 11.7 Å². The van der Waals surface area contributed by atoms with Crippen LogP contribution in [0.4, 0.5) is 0 Å². The fourth-order valence-electron chi connectivity index (χ4n) is 2.01. The lowest BCUT2D eigenvalue weighted by atomic mass is 10.1. The Hall–Kier alpha value is -2.25. The van der Waals surface area contributed by atoms with E-state index in [9.17, 15) is 4.79 Å². The number of furan rings is 1. The molecule has 0 spiro atoms. The summed E-state index contributed by atoms with van der Waals surface area (Å²) in [5.74, 6) is 0.838. The molecular formula is C16H14ClN3O3S. The molecule has 1 atom stereocenters. The molecule has 6 nitrogen and oxygen atoms in total. The van der Waals surface area contributed by atoms with E-state index in [2.05, 4.69) is 15.5 Å². The summed E-state index contributed by atoms with van der Waals surface area (Å²) in [6.07, 6.45) is 1.53. The molecule has 0 aliphatic rings. The summed E-state index contributed by atoms with van der Waals surface area (Å²) in [5, 5.41) is 11.6. The van der Waals surface area contributed by atoms with Crippen LogP contribution in [0.15, 0.2) is 56.7 Å². The Morgan fingerprint density at radius 3 is 2.79 bits per heavy atom. The van der Waals surface area contributed by atoms with Crippen molar-refractivity contribution < 1.29 is 13.6 Å². The van der Waals surface area contributed by atoms with Crippen LogP contribution in [0.2, 0.25) is 5.02 Å². The molecule has 24 heavy (non-hydrogen) atoms. The smallest absolute Gasteiger partial charge is 0.284 e. The van der Waals surface area contributed by atoms with Crippen molar-refractivity contribution in [2.75, 3.05) is 5.75 Å². The molecule has 3 aromatic rings. The molecule has 2 heterocycles. The van der Waals surface area contributed by atoms with Crippen LogP contribution in [0, 0.1) is 0 Å². The van der Waals surface area contributed by atoms with E-state index in [1.54, 1.807) is 24.3 Å². The maximum absolute atomic E-state index is 12.0. The maximum Gasteiger partial charge on any atom is 0.284 e. The van der Waals surface area contributed by atoms with Crippen molar-refractivity contribution in [3.63, 3.8) is 0 Å². The minimum Gasteiger partial charge on any atom is -0.459 e. The van der Waals surface area contributed by atoms with Gasteiger partial charge >= 0.3 is 0 Å². The number of benzene rings is 1. The Balaban J connectivity index is 1.51. The van der Waals surface area contributed by atoms with E-state index < -0.39 is 0 Å². The van der Waals surface area contributed by atoms with Gasteiger partial charge in [-0.3, -0.25) is 4.79 Å². The molecule has 1 aromatic carbocycles. The molecule has 0 aliphatic carbocycles. The van der Waals surface area contributed by atoms with Gasteiger partial charge in [-0.25, -0.2) is 0 Å². The van der Waals surface area contributed by atoms with Crippen LogP contribution in [0.5, 0.6) is 0 Å². The third-order valence-electron chi connectivity index (χ3n) is 3.21. The summed E-state index contributed by atoms with van der Waals surface area (Å²) in [4.78, 5) is 12.0. The van der Waals surface area contributed by atoms with E-state index in [1.807, 2.05) is 19.1 Å². The first kappa shape index (κ1) is 16.6. The van der Waals surface area contributed by atoms with Crippen LogP contribution in [-0.4, -0.2) is 21.9 Å². The quantitative estimate of drug-likeness (QED) is 0.668. The molecule has 0 saturated carbocycles. The average Bonchev–Trinajstić information content (AvgIpc) is 3.25. The predicted molar refractivity (Wildman–Crippen MR) is 90.7 cm³/mol. The van der Waals surface area contributed by atoms with Crippen molar-refractivity contribution in [1.29, 1.82) is 0 Å². The van der Waals surface area contributed by atoms with Gasteiger partial charge in [0.1, 0.15) is 0 Å². The van der Waals surface area contributed by atoms with Gasteiger partial charge in [-0.1, -0.05) is 35.5 Å². The number of aromatic nitrogens is 2. The van der Waals surface area contributed by atoms with Gasteiger partial charge in [0, 0.05) is 5.02 Å². The number of carbonyl (C=O) groups is 1. The van der Waals surface area contributed by atoms with Crippen LogP contribution in [0.3, 0.4) is 0 Å². The number of halogens is 1. The monoisotopic (exact) mass is 363 g/mol. The molecule has 0 radical (unpaired) electrons. The highest BCUT2D eigenvalue weighted by atomic mass is 35.5. The van der Waals surface area contributed by atoms with Crippen molar-refractivity contribution in [3.05, 3.63) is 53.2 Å². The van der Waals surface area contributed by atoms with E-state index >= 15 is 0 Å². The zero-order chi connectivity index (χ0) is 16.9. The summed E-state index contributed by atoms with van der Waals surface area (Å²) < 4.78 is 10.6. The third-order valence-corrected chi connectivity index (χ3v) is 4.28. The van der Waals surface area contributed by atoms with E-state index in [4.69, 9.17) is 20.4 Å². The number of nitrogens with zero attached hydrogens (tertiary/aromatic N) is 2. The minimum absolute atomic E-state index is 0.114. The summed E-state index contributed by atoms with van der Waals surface area (Å²) >= 11 is 7.03. The van der Waals surface area contributed by atoms with Crippen molar-refractivity contribution >= 4 is 29.3 Å². The fraction of sp³-hybridized carbons (Fsp3) is 0.188. The number of hydrogen-bond acceptors (Lipinski definition) is 6. The van der Waals surface area contributed by atoms with Gasteiger partial charge in [0.05, 0.1) is 18.1 Å². The van der Waals surface area contributed by atoms with E-state index in [1.165, 1.54) is 18.0 Å². The molecule has 0 bridgehead atoms. The molecule has 0 aliphatic heterocycles. The second kappa shape index (κ2) is 7.55. The summed E-state index contributed by atoms with van der Waals surface area (Å²) in [7, 11) is 0. The van der Waals surface area contributed by atoms with E-state index in [-0.39, 0.29) is 23.6 Å². The fourth-order valence-corrected chi connectivity index (χ4v) is 2.71. The first-order chi connectivity index (χ1) is 11.6. The highest BCUT2D eigenvalue weighted by molar-refractivity contribution is 7.99. The first-order valence-electron chi connectivity index (χ1n) is 7.17. The van der Waals surface area contributed by atoms with Crippen molar-refractivity contribution in [2.24, 2.45) is 0 Å². The third kappa shape index (κ3) is 4.18. The Morgan fingerprint density at radius 2 is 2.08 bits per heavy atom. The van der Waals surface area contributed by atoms with Crippen LogP contribution >= 0.6 is 23.4 Å². The lowest BCUT2D eigenvalue weighted by Crippen LogP contribution is -2.28. The SMILES string of the molecule is C[C@@H](NC(=O)CSc1nnc(-c2ccco2)o1)c1ccc(Cl)cc1. The van der Waals surface area contributed by atoms with E-state index in [0.29, 0.717) is 16.0 Å². The summed E-state index contributed by atoms with van der Waals surface area (Å²) in [5.41, 5.74) is 0.982. The molecule has 0 fully saturated rings. The number of rotatable bonds is 6. The van der Waals surface area contributed by atoms with Gasteiger partial charge in [-0.05, 0) is 36.8 Å². The molecule has 8 heteroatoms. The van der Waals surface area contributed by atoms with Gasteiger partial charge in [0.2, 0.25) is 5.91 Å². The number of thioether (sulfide) groups is 1. The van der Waals surface area contributed by atoms with Crippen LogP contribution < -0.4 is 5.32 Å². The van der Waals surface area contributed by atoms with Gasteiger partial charge < -0.3 is 14.2 Å². The Morgan fingerprint density at radius 1 is 1.29 bits per heavy atom. The molecule has 1 amide bonds. The van der Waals surface area contributed by atoms with Crippen molar-refractivity contribution in [2.45, 2.75) is 18.2 Å². The average molecular weight is 364 g/mol. The molecule has 0 unspecified atom stereocenters. The minimum atomic E-state index is -0.125. The van der Waals surface area contributed by atoms with Gasteiger partial charge in [0.25, 0.3) is 11.1 Å². The topological polar surface area (TPSA) is 81.2 Å². The Kier molecular flexibility index (Phi) is 5.22. The number of nitrogens with one attached hydrogen (secondary N) is 1. The molecule has 0 saturated heterocycles. The van der Waals surface area contributed by atoms with Gasteiger partial charge in [0.15, 0.2) is 5.76 Å². The van der Waals surface area contributed by atoms with Crippen molar-refractivity contribution in [1.82, 2.24) is 15.5 Å². The van der Waals surface area contributed by atoms with Gasteiger partial charge in [-0.15, -0.1) is 10.2 Å². The van der Waals surface area contributed by atoms with Crippen LogP contribution in [-0.2, 0) is 4.79 Å². The van der Waals surface area contributed by atoms with Gasteiger partial charge in [-0.2, -0.15) is 0 Å². The molecular weight excluding hydrogens is 350 g/mol. The predicted octanol–water partition coefficient (Wildman–Crippen LogP) is 3.95. The zero-order valence-electron chi connectivity index (χ0n) is 12.7. The molecule has 2 aromatic heterocycles. The second-order valence-corrected chi connectivity index (χ2v) is 6.34. The Bertz CT molecular complexity index is 802. The lowest BCUT2D eigenvalue weighted by Gasteiger charge is -2.13. The highest BCUT2D eigenvalue weighted by Crippen LogP contribution is 2.23. The molecule has 124 valence electrons. The van der Waals surface area contributed by atoms with Crippen LogP contribution in [0.1, 0.15) is 18.5 Å². The highest BCUT2D eigenvalue weighted by Gasteiger charge is 2.14. The zero-order valence-corrected chi connectivity index (χ0v) is 14.3. The normalized spacial score (nSPS) is 12.1. The second-order valence-electron chi connectivity index (χ2n) is 4.98. The standard InChI is InChI=1S/C16H14ClN3O3S/c1-10(11-4-6-12(17)7-5-11)18-14(21)9-24-16-20-19-15(23-16)13-3-2-8-22-13/h2-8,10H,9H2,1H3,(H,18,21)/t10-/m1/s1. The molecule has 3 rings (SSSR count). The number of amides is 1. The lowest BCUT2D eigenvalue weighted by molar-refractivity contribution is -0.119. The molecule has 1 N–H and O–H groups in total. The van der Waals surface area contributed by atoms with Crippen molar-refractivity contribution in [3.8, 4) is 11.7 Å². The Labute approximate surface area is 147 Å². The number of hydrogen-bond donors (Lipinski definition) is 1. The summed E-state index contributed by atoms with van der Waals surface area (Å²) in [6, 6.07) is 10.7. The first-order valence-corrected chi connectivity index (χ1v) is 8.53. The summed E-state index contributed by atoms with van der Waals surface area (Å²) in [6.45, 7) is 1.91. The largest absolute Gasteiger partial charge is 0.459 e.